The second kappa shape index (κ2) is 6.53. The molecule has 1 aromatic rings. The minimum absolute atomic E-state index is 0.128. The fraction of sp³-hybridized carbons (Fsp3) is 0.500. The van der Waals surface area contributed by atoms with Gasteiger partial charge >= 0.3 is 0 Å². The zero-order valence-corrected chi connectivity index (χ0v) is 9.44. The Morgan fingerprint density at radius 1 is 1.20 bits per heavy atom. The number of likely N-dealkylation sites (N-methyl/N-ethyl adjacent to an activating group) is 1. The highest BCUT2D eigenvalue weighted by atomic mass is 19.1. The van der Waals surface area contributed by atoms with E-state index in [1.165, 1.54) is 6.07 Å². The van der Waals surface area contributed by atoms with Crippen LogP contribution < -0.4 is 10.6 Å². The van der Waals surface area contributed by atoms with Crippen molar-refractivity contribution in [2.45, 2.75) is 20.4 Å². The fourth-order valence-corrected chi connectivity index (χ4v) is 1.42. The highest BCUT2D eigenvalue weighted by molar-refractivity contribution is 5.23. The van der Waals surface area contributed by atoms with Crippen molar-refractivity contribution >= 4 is 0 Å². The summed E-state index contributed by atoms with van der Waals surface area (Å²) in [7, 11) is 0. The molecule has 2 nitrogen and oxygen atoms in total. The van der Waals surface area contributed by atoms with E-state index in [0.717, 1.165) is 30.8 Å². The Labute approximate surface area is 90.9 Å². The summed E-state index contributed by atoms with van der Waals surface area (Å²) >= 11 is 0. The molecule has 0 aliphatic heterocycles. The number of halogens is 1. The molecule has 1 rings (SSSR count). The molecule has 0 saturated carbocycles. The van der Waals surface area contributed by atoms with Crippen LogP contribution in [0.2, 0.25) is 0 Å². The molecule has 0 amide bonds. The minimum atomic E-state index is -0.128. The summed E-state index contributed by atoms with van der Waals surface area (Å²) in [4.78, 5) is 0. The van der Waals surface area contributed by atoms with Gasteiger partial charge in [-0.05, 0) is 19.5 Å². The molecule has 0 spiro atoms. The molecule has 0 atom stereocenters. The van der Waals surface area contributed by atoms with Crippen molar-refractivity contribution in [2.75, 3.05) is 19.6 Å². The Balaban J connectivity index is 2.33. The van der Waals surface area contributed by atoms with Gasteiger partial charge in [0.25, 0.3) is 0 Å². The molecule has 1 aromatic carbocycles. The van der Waals surface area contributed by atoms with Crippen molar-refractivity contribution in [1.29, 1.82) is 0 Å². The molecule has 15 heavy (non-hydrogen) atoms. The van der Waals surface area contributed by atoms with Gasteiger partial charge in [-0.15, -0.1) is 0 Å². The van der Waals surface area contributed by atoms with Crippen LogP contribution in [0.3, 0.4) is 0 Å². The number of hydrogen-bond acceptors (Lipinski definition) is 2. The van der Waals surface area contributed by atoms with Crippen LogP contribution in [-0.4, -0.2) is 19.6 Å². The van der Waals surface area contributed by atoms with E-state index in [0.29, 0.717) is 6.54 Å². The third kappa shape index (κ3) is 4.40. The van der Waals surface area contributed by atoms with Crippen molar-refractivity contribution < 1.29 is 4.39 Å². The zero-order chi connectivity index (χ0) is 11.1. The molecular weight excluding hydrogens is 191 g/mol. The summed E-state index contributed by atoms with van der Waals surface area (Å²) < 4.78 is 13.3. The van der Waals surface area contributed by atoms with Crippen LogP contribution in [0.1, 0.15) is 18.1 Å². The van der Waals surface area contributed by atoms with Crippen LogP contribution in [0.4, 0.5) is 4.39 Å². The van der Waals surface area contributed by atoms with Gasteiger partial charge in [0.15, 0.2) is 0 Å². The van der Waals surface area contributed by atoms with Crippen molar-refractivity contribution in [3.05, 3.63) is 35.1 Å². The van der Waals surface area contributed by atoms with Gasteiger partial charge in [0.05, 0.1) is 0 Å². The first kappa shape index (κ1) is 12.1. The van der Waals surface area contributed by atoms with E-state index < -0.39 is 0 Å². The maximum Gasteiger partial charge on any atom is 0.127 e. The number of hydrogen-bond donors (Lipinski definition) is 2. The Bertz CT molecular complexity index is 300. The second-order valence-electron chi connectivity index (χ2n) is 3.63. The van der Waals surface area contributed by atoms with Crippen LogP contribution >= 0.6 is 0 Å². The smallest absolute Gasteiger partial charge is 0.127 e. The zero-order valence-electron chi connectivity index (χ0n) is 9.44. The minimum Gasteiger partial charge on any atom is -0.316 e. The Morgan fingerprint density at radius 2 is 1.93 bits per heavy atom. The summed E-state index contributed by atoms with van der Waals surface area (Å²) in [6.45, 7) is 7.40. The summed E-state index contributed by atoms with van der Waals surface area (Å²) in [6, 6.07) is 5.20. The molecule has 0 heterocycles. The lowest BCUT2D eigenvalue weighted by Gasteiger charge is -2.07. The first-order chi connectivity index (χ1) is 7.24. The van der Waals surface area contributed by atoms with E-state index >= 15 is 0 Å². The molecule has 0 radical (unpaired) electrons. The van der Waals surface area contributed by atoms with Gasteiger partial charge in [-0.1, -0.05) is 24.6 Å². The molecule has 0 fully saturated rings. The fourth-order valence-electron chi connectivity index (χ4n) is 1.42. The predicted octanol–water partition coefficient (Wildman–Crippen LogP) is 1.83. The molecule has 0 aliphatic rings. The maximum atomic E-state index is 13.3. The SMILES string of the molecule is CCNCCNCc1cc(C)ccc1F. The van der Waals surface area contributed by atoms with E-state index in [1.807, 2.05) is 13.0 Å². The lowest BCUT2D eigenvalue weighted by atomic mass is 10.1. The van der Waals surface area contributed by atoms with Crippen molar-refractivity contribution in [3.8, 4) is 0 Å². The summed E-state index contributed by atoms with van der Waals surface area (Å²) in [5.41, 5.74) is 1.84. The van der Waals surface area contributed by atoms with Crippen LogP contribution in [-0.2, 0) is 6.54 Å². The summed E-state index contributed by atoms with van der Waals surface area (Å²) in [6.07, 6.45) is 0. The lowest BCUT2D eigenvalue weighted by Crippen LogP contribution is -2.27. The Morgan fingerprint density at radius 3 is 2.67 bits per heavy atom. The highest BCUT2D eigenvalue weighted by Gasteiger charge is 2.00. The van der Waals surface area contributed by atoms with Crippen LogP contribution in [0, 0.1) is 12.7 Å². The maximum absolute atomic E-state index is 13.3. The molecule has 84 valence electrons. The van der Waals surface area contributed by atoms with E-state index in [1.54, 1.807) is 6.07 Å². The van der Waals surface area contributed by atoms with Gasteiger partial charge in [-0.25, -0.2) is 4.39 Å². The molecule has 0 saturated heterocycles. The first-order valence-electron chi connectivity index (χ1n) is 5.40. The van der Waals surface area contributed by atoms with Crippen LogP contribution in [0.15, 0.2) is 18.2 Å². The topological polar surface area (TPSA) is 24.1 Å². The predicted molar refractivity (Wildman–Crippen MR) is 61.4 cm³/mol. The average molecular weight is 210 g/mol. The van der Waals surface area contributed by atoms with E-state index in [-0.39, 0.29) is 5.82 Å². The number of rotatable bonds is 6. The molecule has 0 aromatic heterocycles. The quantitative estimate of drug-likeness (QED) is 0.700. The third-order valence-corrected chi connectivity index (χ3v) is 2.25. The largest absolute Gasteiger partial charge is 0.316 e. The standard InChI is InChI=1S/C12H19FN2/c1-3-14-6-7-15-9-11-8-10(2)4-5-12(11)13/h4-5,8,14-15H,3,6-7,9H2,1-2H3. The number of nitrogens with one attached hydrogen (secondary N) is 2. The third-order valence-electron chi connectivity index (χ3n) is 2.25. The molecule has 3 heteroatoms. The van der Waals surface area contributed by atoms with E-state index in [2.05, 4.69) is 17.6 Å². The van der Waals surface area contributed by atoms with Gasteiger partial charge in [-0.3, -0.25) is 0 Å². The first-order valence-corrected chi connectivity index (χ1v) is 5.40. The molecule has 0 aliphatic carbocycles. The Hall–Kier alpha value is -0.930. The van der Waals surface area contributed by atoms with Gasteiger partial charge in [0, 0.05) is 25.2 Å². The van der Waals surface area contributed by atoms with Crippen molar-refractivity contribution in [1.82, 2.24) is 10.6 Å². The summed E-state index contributed by atoms with van der Waals surface area (Å²) in [5, 5.41) is 6.41. The van der Waals surface area contributed by atoms with E-state index in [9.17, 15) is 4.39 Å². The normalized spacial score (nSPS) is 10.6. The van der Waals surface area contributed by atoms with Gasteiger partial charge in [-0.2, -0.15) is 0 Å². The van der Waals surface area contributed by atoms with Crippen molar-refractivity contribution in [2.24, 2.45) is 0 Å². The average Bonchev–Trinajstić information content (AvgIpc) is 2.23. The molecule has 0 bridgehead atoms. The van der Waals surface area contributed by atoms with Crippen LogP contribution in [0.25, 0.3) is 0 Å². The highest BCUT2D eigenvalue weighted by Crippen LogP contribution is 2.09. The van der Waals surface area contributed by atoms with Crippen molar-refractivity contribution in [3.63, 3.8) is 0 Å². The molecular formula is C12H19FN2. The second-order valence-corrected chi connectivity index (χ2v) is 3.63. The van der Waals surface area contributed by atoms with Crippen LogP contribution in [0.5, 0.6) is 0 Å². The number of benzene rings is 1. The van der Waals surface area contributed by atoms with Gasteiger partial charge in [0.1, 0.15) is 5.82 Å². The van der Waals surface area contributed by atoms with Gasteiger partial charge < -0.3 is 10.6 Å². The lowest BCUT2D eigenvalue weighted by molar-refractivity contribution is 0.577. The molecule has 2 N–H and O–H groups in total. The monoisotopic (exact) mass is 210 g/mol. The molecule has 0 unspecified atom stereocenters. The van der Waals surface area contributed by atoms with Gasteiger partial charge in [0.2, 0.25) is 0 Å². The summed E-state index contributed by atoms with van der Waals surface area (Å²) in [5.74, 6) is -0.128. The van der Waals surface area contributed by atoms with E-state index in [4.69, 9.17) is 0 Å². The Kier molecular flexibility index (Phi) is 5.29. The number of aryl methyl sites for hydroxylation is 1.